The standard InChI is InChI=1S/C26H30N8O4/c1-28-13-17(12-27)19-3-2-4-21(29-19)30-24(35)18-11-20-22(32-25(38-20)33-6-9-36-10-7-33)31-23(18)34-14-26(15-34)5-8-37-16-26/h2-4,11-13H,5-10,14-16,27H2,1H3,(H,29,30,35). The van der Waals surface area contributed by atoms with Gasteiger partial charge in [0, 0.05) is 69.3 Å². The van der Waals surface area contributed by atoms with E-state index in [4.69, 9.17) is 24.6 Å². The fourth-order valence-electron chi connectivity index (χ4n) is 5.14. The zero-order valence-corrected chi connectivity index (χ0v) is 21.2. The molecular formula is C26H30N8O4. The van der Waals surface area contributed by atoms with Crippen molar-refractivity contribution >= 4 is 46.6 Å². The molecule has 0 aliphatic carbocycles. The maximum atomic E-state index is 13.6. The molecule has 1 amide bonds. The van der Waals surface area contributed by atoms with Crippen molar-refractivity contribution < 1.29 is 18.7 Å². The lowest BCUT2D eigenvalue weighted by molar-refractivity contribution is 0.102. The molecule has 3 saturated heterocycles. The van der Waals surface area contributed by atoms with Gasteiger partial charge in [-0.3, -0.25) is 9.79 Å². The number of hydrogen-bond donors (Lipinski definition) is 2. The summed E-state index contributed by atoms with van der Waals surface area (Å²) in [6, 6.07) is 7.54. The molecule has 0 saturated carbocycles. The van der Waals surface area contributed by atoms with Crippen LogP contribution in [-0.4, -0.2) is 86.7 Å². The number of aliphatic imine (C=N–C) groups is 1. The van der Waals surface area contributed by atoms with Crippen LogP contribution in [0.3, 0.4) is 0 Å². The van der Waals surface area contributed by atoms with E-state index >= 15 is 0 Å². The molecule has 3 N–H and O–H groups in total. The first-order valence-electron chi connectivity index (χ1n) is 12.7. The number of carbonyl (C=O) groups excluding carboxylic acids is 1. The van der Waals surface area contributed by atoms with Crippen LogP contribution in [0.5, 0.6) is 0 Å². The Morgan fingerprint density at radius 3 is 2.71 bits per heavy atom. The van der Waals surface area contributed by atoms with Crippen LogP contribution >= 0.6 is 0 Å². The molecule has 3 aliphatic rings. The summed E-state index contributed by atoms with van der Waals surface area (Å²) in [6.45, 7) is 5.64. The Bertz CT molecular complexity index is 1400. The van der Waals surface area contributed by atoms with E-state index in [1.807, 2.05) is 4.90 Å². The summed E-state index contributed by atoms with van der Waals surface area (Å²) >= 11 is 0. The van der Waals surface area contributed by atoms with Crippen molar-refractivity contribution in [1.82, 2.24) is 15.0 Å². The highest BCUT2D eigenvalue weighted by Gasteiger charge is 2.47. The van der Waals surface area contributed by atoms with Gasteiger partial charge in [0.2, 0.25) is 5.65 Å². The molecule has 0 radical (unpaired) electrons. The quantitative estimate of drug-likeness (QED) is 0.465. The number of amides is 1. The molecule has 3 aliphatic heterocycles. The fourth-order valence-corrected chi connectivity index (χ4v) is 5.14. The molecule has 0 bridgehead atoms. The Labute approximate surface area is 219 Å². The number of nitrogens with zero attached hydrogens (tertiary/aromatic N) is 6. The minimum absolute atomic E-state index is 0.120. The maximum absolute atomic E-state index is 13.6. The average molecular weight is 519 g/mol. The van der Waals surface area contributed by atoms with Crippen LogP contribution in [0, 0.1) is 5.41 Å². The molecule has 3 aromatic heterocycles. The van der Waals surface area contributed by atoms with E-state index in [0.717, 1.165) is 32.7 Å². The minimum Gasteiger partial charge on any atom is -0.422 e. The van der Waals surface area contributed by atoms with Gasteiger partial charge in [0.1, 0.15) is 11.6 Å². The minimum atomic E-state index is -0.338. The summed E-state index contributed by atoms with van der Waals surface area (Å²) in [7, 11) is 1.66. The van der Waals surface area contributed by atoms with E-state index in [1.54, 1.807) is 37.5 Å². The van der Waals surface area contributed by atoms with Gasteiger partial charge in [-0.25, -0.2) is 9.97 Å². The van der Waals surface area contributed by atoms with Crippen LogP contribution in [0.2, 0.25) is 0 Å². The van der Waals surface area contributed by atoms with Gasteiger partial charge < -0.3 is 34.7 Å². The summed E-state index contributed by atoms with van der Waals surface area (Å²) in [5, 5.41) is 2.92. The lowest BCUT2D eigenvalue weighted by Gasteiger charge is -2.48. The molecule has 0 aromatic carbocycles. The second-order valence-electron chi connectivity index (χ2n) is 9.81. The van der Waals surface area contributed by atoms with E-state index in [9.17, 15) is 4.79 Å². The Balaban J connectivity index is 1.32. The van der Waals surface area contributed by atoms with Gasteiger partial charge in [-0.15, -0.1) is 0 Å². The third kappa shape index (κ3) is 4.56. The smallest absolute Gasteiger partial charge is 0.300 e. The largest absolute Gasteiger partial charge is 0.422 e. The number of carbonyl (C=O) groups is 1. The van der Waals surface area contributed by atoms with Crippen LogP contribution in [0.4, 0.5) is 17.7 Å². The Morgan fingerprint density at radius 1 is 1.13 bits per heavy atom. The van der Waals surface area contributed by atoms with Gasteiger partial charge >= 0.3 is 0 Å². The summed E-state index contributed by atoms with van der Waals surface area (Å²) in [5.74, 6) is 0.624. The average Bonchev–Trinajstić information content (AvgIpc) is 3.58. The molecular weight excluding hydrogens is 488 g/mol. The zero-order chi connectivity index (χ0) is 26.1. The number of allylic oxidation sites excluding steroid dienone is 1. The Kier molecular flexibility index (Phi) is 6.42. The highest BCUT2D eigenvalue weighted by Crippen LogP contribution is 2.42. The van der Waals surface area contributed by atoms with Crippen LogP contribution in [0.25, 0.3) is 16.8 Å². The number of morpholine rings is 1. The first-order chi connectivity index (χ1) is 18.6. The number of oxazole rings is 1. The number of fused-ring (bicyclic) bond motifs is 1. The third-order valence-corrected chi connectivity index (χ3v) is 7.15. The molecule has 12 nitrogen and oxygen atoms in total. The van der Waals surface area contributed by atoms with Gasteiger partial charge in [-0.2, -0.15) is 4.98 Å². The van der Waals surface area contributed by atoms with Gasteiger partial charge in [-0.05, 0) is 18.6 Å². The van der Waals surface area contributed by atoms with Crippen molar-refractivity contribution in [1.29, 1.82) is 0 Å². The first-order valence-corrected chi connectivity index (χ1v) is 12.7. The zero-order valence-electron chi connectivity index (χ0n) is 21.2. The summed E-state index contributed by atoms with van der Waals surface area (Å²) in [6.07, 6.45) is 4.05. The molecule has 3 aromatic rings. The molecule has 3 fully saturated rings. The summed E-state index contributed by atoms with van der Waals surface area (Å²) in [5.41, 5.74) is 8.42. The van der Waals surface area contributed by atoms with Crippen molar-refractivity contribution in [2.75, 3.05) is 74.8 Å². The van der Waals surface area contributed by atoms with Crippen molar-refractivity contribution in [2.45, 2.75) is 6.42 Å². The third-order valence-electron chi connectivity index (χ3n) is 7.15. The fraction of sp³-hybridized carbons (Fsp3) is 0.423. The van der Waals surface area contributed by atoms with Crippen LogP contribution < -0.4 is 20.9 Å². The maximum Gasteiger partial charge on any atom is 0.300 e. The van der Waals surface area contributed by atoms with E-state index in [0.29, 0.717) is 72.0 Å². The highest BCUT2D eigenvalue weighted by atomic mass is 16.5. The Morgan fingerprint density at radius 2 is 1.97 bits per heavy atom. The monoisotopic (exact) mass is 518 g/mol. The first kappa shape index (κ1) is 24.3. The molecule has 6 heterocycles. The van der Waals surface area contributed by atoms with E-state index in [1.165, 1.54) is 6.20 Å². The molecule has 6 rings (SSSR count). The predicted octanol–water partition coefficient (Wildman–Crippen LogP) is 1.93. The van der Waals surface area contributed by atoms with Crippen LogP contribution in [0.1, 0.15) is 22.5 Å². The van der Waals surface area contributed by atoms with Crippen molar-refractivity contribution in [3.05, 3.63) is 41.7 Å². The van der Waals surface area contributed by atoms with Crippen LogP contribution in [-0.2, 0) is 9.47 Å². The van der Waals surface area contributed by atoms with Crippen molar-refractivity contribution in [2.24, 2.45) is 16.1 Å². The molecule has 38 heavy (non-hydrogen) atoms. The number of hydrogen-bond acceptors (Lipinski definition) is 11. The molecule has 0 unspecified atom stereocenters. The second-order valence-corrected chi connectivity index (χ2v) is 9.81. The normalized spacial score (nSPS) is 19.4. The van der Waals surface area contributed by atoms with Gasteiger partial charge in [0.05, 0.1) is 31.1 Å². The number of anilines is 3. The molecule has 198 valence electrons. The second kappa shape index (κ2) is 10.0. The SMILES string of the molecule is CN=CC(=CN)c1cccc(NC(=O)c2cc3oc(N4CCOCC4)nc3nc2N2CC3(CCOC3)C2)n1. The van der Waals surface area contributed by atoms with Crippen molar-refractivity contribution in [3.8, 4) is 0 Å². The molecule has 12 heteroatoms. The van der Waals surface area contributed by atoms with Gasteiger partial charge in [0.25, 0.3) is 11.9 Å². The van der Waals surface area contributed by atoms with Gasteiger partial charge in [-0.1, -0.05) is 6.07 Å². The van der Waals surface area contributed by atoms with Crippen molar-refractivity contribution in [3.63, 3.8) is 0 Å². The lowest BCUT2D eigenvalue weighted by atomic mass is 9.79. The number of aromatic nitrogens is 3. The molecule has 0 atom stereocenters. The molecule has 1 spiro atoms. The number of nitrogens with two attached hydrogens (primary N) is 1. The number of ether oxygens (including phenoxy) is 2. The lowest BCUT2D eigenvalue weighted by Crippen LogP contribution is -2.57. The van der Waals surface area contributed by atoms with E-state index in [-0.39, 0.29) is 11.3 Å². The summed E-state index contributed by atoms with van der Waals surface area (Å²) < 4.78 is 17.1. The van der Waals surface area contributed by atoms with E-state index in [2.05, 4.69) is 25.2 Å². The number of nitrogens with one attached hydrogen (secondary N) is 1. The van der Waals surface area contributed by atoms with Gasteiger partial charge in [0.15, 0.2) is 5.58 Å². The summed E-state index contributed by atoms with van der Waals surface area (Å²) in [4.78, 5) is 35.8. The van der Waals surface area contributed by atoms with Crippen LogP contribution in [0.15, 0.2) is 39.9 Å². The number of rotatable bonds is 6. The topological polar surface area (TPSA) is 144 Å². The number of pyridine rings is 2. The predicted molar refractivity (Wildman–Crippen MR) is 144 cm³/mol. The van der Waals surface area contributed by atoms with E-state index < -0.39 is 0 Å². The highest BCUT2D eigenvalue weighted by molar-refractivity contribution is 6.10. The Hall–Kier alpha value is -4.03.